The average molecular weight is 553 g/mol. The minimum absolute atomic E-state index is 0.145. The Balaban J connectivity index is 1.79. The Hall–Kier alpha value is -3.65. The van der Waals surface area contributed by atoms with Crippen LogP contribution in [0.15, 0.2) is 66.9 Å². The monoisotopic (exact) mass is 552 g/mol. The van der Waals surface area contributed by atoms with Gasteiger partial charge in [-0.05, 0) is 92.6 Å². The molecule has 0 radical (unpaired) electrons. The predicted molar refractivity (Wildman–Crippen MR) is 183 cm³/mol. The highest BCUT2D eigenvalue weighted by molar-refractivity contribution is 6.26. The van der Waals surface area contributed by atoms with Crippen LogP contribution in [0, 0.1) is 16.2 Å². The van der Waals surface area contributed by atoms with Gasteiger partial charge in [-0.25, -0.2) is 0 Å². The Kier molecular flexibility index (Phi) is 5.78. The Morgan fingerprint density at radius 3 is 1.64 bits per heavy atom. The SMILES string of the molecule is CC(C)(C)Cc1ccc2c(c1)c1c(CC(C)(C)C)c(CC(C)(C)C)c3c4cc5ccccc5cc4c4nccc2c4n13. The van der Waals surface area contributed by atoms with Crippen LogP contribution in [0.4, 0.5) is 0 Å². The Labute approximate surface area is 250 Å². The lowest BCUT2D eigenvalue weighted by atomic mass is 9.81. The van der Waals surface area contributed by atoms with Gasteiger partial charge in [0.15, 0.2) is 0 Å². The maximum Gasteiger partial charge on any atom is 0.0955 e. The summed E-state index contributed by atoms with van der Waals surface area (Å²) in [7, 11) is 0. The Morgan fingerprint density at radius 1 is 0.524 bits per heavy atom. The topological polar surface area (TPSA) is 17.3 Å². The number of rotatable bonds is 3. The molecule has 0 saturated carbocycles. The molecule has 0 aliphatic heterocycles. The van der Waals surface area contributed by atoms with E-state index in [1.807, 2.05) is 6.20 Å². The lowest BCUT2D eigenvalue weighted by molar-refractivity contribution is 0.395. The summed E-state index contributed by atoms with van der Waals surface area (Å²) < 4.78 is 2.64. The standard InChI is InChI=1S/C40H44N2/c1-38(2,3)21-24-14-15-27-28-16-17-41-34-29-19-25-12-10-11-13-26(25)20-31(29)36-33(23-40(7,8)9)32(22-39(4,5)6)35(30(27)18-24)42(36)37(28)34/h10-20H,21-23H2,1-9H3. The lowest BCUT2D eigenvalue weighted by Crippen LogP contribution is -2.14. The first-order valence-corrected chi connectivity index (χ1v) is 15.6. The molecule has 7 rings (SSSR count). The number of hydrogen-bond acceptors (Lipinski definition) is 1. The van der Waals surface area contributed by atoms with Gasteiger partial charge in [0, 0.05) is 27.7 Å². The molecule has 0 spiro atoms. The van der Waals surface area contributed by atoms with Crippen LogP contribution in [0.25, 0.3) is 59.8 Å². The third kappa shape index (κ3) is 4.42. The van der Waals surface area contributed by atoms with Gasteiger partial charge in [0.1, 0.15) is 0 Å². The van der Waals surface area contributed by atoms with Crippen LogP contribution < -0.4 is 0 Å². The van der Waals surface area contributed by atoms with E-state index < -0.39 is 0 Å². The van der Waals surface area contributed by atoms with Crippen molar-refractivity contribution in [3.8, 4) is 0 Å². The van der Waals surface area contributed by atoms with Crippen molar-refractivity contribution in [1.82, 2.24) is 9.38 Å². The zero-order chi connectivity index (χ0) is 29.8. The molecule has 4 aromatic heterocycles. The second kappa shape index (κ2) is 8.93. The van der Waals surface area contributed by atoms with Gasteiger partial charge >= 0.3 is 0 Å². The van der Waals surface area contributed by atoms with Crippen LogP contribution in [-0.4, -0.2) is 9.38 Å². The molecule has 0 fully saturated rings. The molecule has 0 amide bonds. The van der Waals surface area contributed by atoms with Crippen LogP contribution in [0.2, 0.25) is 0 Å². The fraction of sp³-hybridized carbons (Fsp3) is 0.375. The zero-order valence-electron chi connectivity index (χ0n) is 26.9. The van der Waals surface area contributed by atoms with Crippen LogP contribution in [0.5, 0.6) is 0 Å². The number of pyridine rings is 3. The van der Waals surface area contributed by atoms with Gasteiger partial charge in [-0.3, -0.25) is 4.98 Å². The van der Waals surface area contributed by atoms with Gasteiger partial charge in [-0.15, -0.1) is 0 Å². The molecule has 0 unspecified atom stereocenters. The molecule has 2 nitrogen and oxygen atoms in total. The second-order valence-corrected chi connectivity index (χ2v) is 16.4. The van der Waals surface area contributed by atoms with Crippen LogP contribution in [0.3, 0.4) is 0 Å². The highest BCUT2D eigenvalue weighted by Crippen LogP contribution is 2.46. The fourth-order valence-corrected chi connectivity index (χ4v) is 7.37. The Bertz CT molecular complexity index is 2150. The van der Waals surface area contributed by atoms with Crippen molar-refractivity contribution in [1.29, 1.82) is 0 Å². The normalized spacial score (nSPS) is 13.6. The molecule has 42 heavy (non-hydrogen) atoms. The van der Waals surface area contributed by atoms with Gasteiger partial charge in [0.05, 0.1) is 22.1 Å². The molecular weight excluding hydrogens is 508 g/mol. The van der Waals surface area contributed by atoms with Gasteiger partial charge in [0.2, 0.25) is 0 Å². The van der Waals surface area contributed by atoms with Crippen molar-refractivity contribution < 1.29 is 0 Å². The summed E-state index contributed by atoms with van der Waals surface area (Å²) in [5.74, 6) is 0. The van der Waals surface area contributed by atoms with E-state index in [0.717, 1.165) is 24.8 Å². The summed E-state index contributed by atoms with van der Waals surface area (Å²) in [6.45, 7) is 21.3. The maximum absolute atomic E-state index is 5.11. The fourth-order valence-electron chi connectivity index (χ4n) is 7.37. The smallest absolute Gasteiger partial charge is 0.0955 e. The third-order valence-electron chi connectivity index (χ3n) is 8.71. The van der Waals surface area contributed by atoms with Crippen LogP contribution in [-0.2, 0) is 19.3 Å². The maximum atomic E-state index is 5.11. The summed E-state index contributed by atoms with van der Waals surface area (Å²) in [5, 5.41) is 9.15. The van der Waals surface area contributed by atoms with Gasteiger partial charge < -0.3 is 4.40 Å². The lowest BCUT2D eigenvalue weighted by Gasteiger charge is -2.23. The van der Waals surface area contributed by atoms with E-state index in [2.05, 4.69) is 127 Å². The first-order chi connectivity index (χ1) is 19.7. The first-order valence-electron chi connectivity index (χ1n) is 15.6. The number of fused-ring (bicyclic) bond motifs is 7. The van der Waals surface area contributed by atoms with Gasteiger partial charge in [-0.2, -0.15) is 0 Å². The molecular formula is C40H44N2. The number of aromatic nitrogens is 2. The molecule has 0 atom stereocenters. The van der Waals surface area contributed by atoms with Crippen molar-refractivity contribution in [2.24, 2.45) is 16.2 Å². The van der Waals surface area contributed by atoms with E-state index in [9.17, 15) is 0 Å². The minimum Gasteiger partial charge on any atom is -0.306 e. The molecule has 0 bridgehead atoms. The molecule has 7 aromatic rings. The van der Waals surface area contributed by atoms with Crippen LogP contribution >= 0.6 is 0 Å². The molecule has 0 saturated heterocycles. The summed E-state index contributed by atoms with van der Waals surface area (Å²) >= 11 is 0. The Morgan fingerprint density at radius 2 is 1.07 bits per heavy atom. The molecule has 0 N–H and O–H groups in total. The van der Waals surface area contributed by atoms with E-state index in [1.165, 1.54) is 70.9 Å². The van der Waals surface area contributed by atoms with E-state index in [1.54, 1.807) is 0 Å². The van der Waals surface area contributed by atoms with Crippen molar-refractivity contribution in [2.75, 3.05) is 0 Å². The van der Waals surface area contributed by atoms with E-state index in [0.29, 0.717) is 0 Å². The summed E-state index contributed by atoms with van der Waals surface area (Å²) in [6, 6.07) is 23.1. The van der Waals surface area contributed by atoms with Crippen molar-refractivity contribution in [2.45, 2.75) is 81.6 Å². The number of hydrogen-bond donors (Lipinski definition) is 0. The summed E-state index contributed by atoms with van der Waals surface area (Å²) in [6.07, 6.45) is 5.14. The number of benzene rings is 3. The average Bonchev–Trinajstić information content (AvgIpc) is 3.18. The molecule has 4 heterocycles. The quantitative estimate of drug-likeness (QED) is 0.157. The molecule has 214 valence electrons. The van der Waals surface area contributed by atoms with E-state index >= 15 is 0 Å². The molecule has 3 aromatic carbocycles. The largest absolute Gasteiger partial charge is 0.306 e. The highest BCUT2D eigenvalue weighted by atomic mass is 14.9. The highest BCUT2D eigenvalue weighted by Gasteiger charge is 2.29. The number of nitrogens with zero attached hydrogens (tertiary/aromatic N) is 2. The van der Waals surface area contributed by atoms with Crippen molar-refractivity contribution in [3.05, 3.63) is 83.6 Å². The first kappa shape index (κ1) is 27.2. The zero-order valence-corrected chi connectivity index (χ0v) is 26.9. The molecule has 0 aliphatic rings. The summed E-state index contributed by atoms with van der Waals surface area (Å²) in [5.41, 5.74) is 10.1. The third-order valence-corrected chi connectivity index (χ3v) is 8.71. The van der Waals surface area contributed by atoms with E-state index in [4.69, 9.17) is 4.98 Å². The van der Waals surface area contributed by atoms with E-state index in [-0.39, 0.29) is 16.2 Å². The van der Waals surface area contributed by atoms with Gasteiger partial charge in [-0.1, -0.05) is 98.7 Å². The molecule has 0 aliphatic carbocycles. The minimum atomic E-state index is 0.145. The predicted octanol–water partition coefficient (Wildman–Crippen LogP) is 11.3. The molecule has 2 heteroatoms. The van der Waals surface area contributed by atoms with Crippen molar-refractivity contribution >= 4 is 59.8 Å². The van der Waals surface area contributed by atoms with Crippen LogP contribution in [0.1, 0.15) is 79.0 Å². The second-order valence-electron chi connectivity index (χ2n) is 16.4. The summed E-state index contributed by atoms with van der Waals surface area (Å²) in [4.78, 5) is 5.11. The van der Waals surface area contributed by atoms with Crippen molar-refractivity contribution in [3.63, 3.8) is 0 Å². The van der Waals surface area contributed by atoms with Gasteiger partial charge in [0.25, 0.3) is 0 Å².